The Bertz CT molecular complexity index is 646. The summed E-state index contributed by atoms with van der Waals surface area (Å²) < 4.78 is 22.8. The van der Waals surface area contributed by atoms with Crippen molar-refractivity contribution in [1.29, 1.82) is 0 Å². The van der Waals surface area contributed by atoms with E-state index in [1.165, 1.54) is 18.2 Å². The topological polar surface area (TPSA) is 80.5 Å². The molecule has 0 radical (unpaired) electrons. The second-order valence-corrected chi connectivity index (χ2v) is 7.48. The fraction of sp³-hybridized carbons (Fsp3) is 0.500. The predicted octanol–water partition coefficient (Wildman–Crippen LogP) is 2.25. The molecule has 116 valence electrons. The number of benzene rings is 1. The van der Waals surface area contributed by atoms with Crippen LogP contribution in [0.3, 0.4) is 0 Å². The summed E-state index contributed by atoms with van der Waals surface area (Å²) in [5.41, 5.74) is 0.192. The summed E-state index contributed by atoms with van der Waals surface area (Å²) in [7, 11) is -3.85. The zero-order chi connectivity index (χ0) is 15.6. The lowest BCUT2D eigenvalue weighted by molar-refractivity contribution is 0.0760. The van der Waals surface area contributed by atoms with Crippen LogP contribution < -0.4 is 5.14 Å². The Kier molecular flexibility index (Phi) is 4.91. The van der Waals surface area contributed by atoms with Crippen LogP contribution in [-0.4, -0.2) is 32.3 Å². The van der Waals surface area contributed by atoms with Gasteiger partial charge in [-0.05, 0) is 43.4 Å². The summed E-state index contributed by atoms with van der Waals surface area (Å²) >= 11 is 6.05. The van der Waals surface area contributed by atoms with Crippen molar-refractivity contribution >= 4 is 27.5 Å². The molecule has 1 aliphatic rings. The van der Waals surface area contributed by atoms with E-state index in [1.54, 1.807) is 4.90 Å². The van der Waals surface area contributed by atoms with Gasteiger partial charge in [-0.25, -0.2) is 13.6 Å². The third-order valence-electron chi connectivity index (χ3n) is 3.80. The number of carbonyl (C=O) groups excluding carboxylic acids is 1. The van der Waals surface area contributed by atoms with Gasteiger partial charge in [0.15, 0.2) is 0 Å². The third kappa shape index (κ3) is 3.96. The van der Waals surface area contributed by atoms with Crippen molar-refractivity contribution in [2.45, 2.75) is 31.1 Å². The minimum Gasteiger partial charge on any atom is -0.339 e. The van der Waals surface area contributed by atoms with E-state index in [2.05, 4.69) is 6.92 Å². The lowest BCUT2D eigenvalue weighted by Crippen LogP contribution is -2.32. The van der Waals surface area contributed by atoms with E-state index in [4.69, 9.17) is 16.7 Å². The molecule has 1 heterocycles. The second kappa shape index (κ2) is 6.34. The average Bonchev–Trinajstić information content (AvgIpc) is 2.62. The first-order valence-corrected chi connectivity index (χ1v) is 8.83. The zero-order valence-corrected chi connectivity index (χ0v) is 13.5. The van der Waals surface area contributed by atoms with Crippen LogP contribution in [0.25, 0.3) is 0 Å². The smallest absolute Gasteiger partial charge is 0.255 e. The van der Waals surface area contributed by atoms with E-state index in [0.717, 1.165) is 19.3 Å². The number of sulfonamides is 1. The average molecular weight is 331 g/mol. The lowest BCUT2D eigenvalue weighted by Gasteiger charge is -2.21. The Morgan fingerprint density at radius 1 is 1.33 bits per heavy atom. The maximum atomic E-state index is 12.6. The molecule has 21 heavy (non-hydrogen) atoms. The van der Waals surface area contributed by atoms with Gasteiger partial charge < -0.3 is 4.90 Å². The van der Waals surface area contributed by atoms with Gasteiger partial charge in [-0.3, -0.25) is 4.79 Å². The molecular weight excluding hydrogens is 312 g/mol. The van der Waals surface area contributed by atoms with E-state index >= 15 is 0 Å². The van der Waals surface area contributed by atoms with Gasteiger partial charge in [-0.1, -0.05) is 18.5 Å². The van der Waals surface area contributed by atoms with Crippen LogP contribution in [0.15, 0.2) is 23.1 Å². The van der Waals surface area contributed by atoms with Gasteiger partial charge in [-0.15, -0.1) is 0 Å². The Morgan fingerprint density at radius 2 is 2.05 bits per heavy atom. The van der Waals surface area contributed by atoms with Gasteiger partial charge >= 0.3 is 0 Å². The molecule has 0 aromatic heterocycles. The Morgan fingerprint density at radius 3 is 2.71 bits per heavy atom. The largest absolute Gasteiger partial charge is 0.339 e. The van der Waals surface area contributed by atoms with Crippen LogP contribution in [0.5, 0.6) is 0 Å². The minimum atomic E-state index is -3.85. The van der Waals surface area contributed by atoms with Crippen molar-refractivity contribution in [1.82, 2.24) is 4.90 Å². The monoisotopic (exact) mass is 330 g/mol. The number of carbonyl (C=O) groups is 1. The van der Waals surface area contributed by atoms with E-state index in [9.17, 15) is 13.2 Å². The standard InChI is InChI=1S/C14H19ClN2O3S/c1-10-3-2-7-17(8-6-10)14(18)12-9-11(21(16,19)20)4-5-13(12)15/h4-5,9-10H,2-3,6-8H2,1H3,(H2,16,19,20). The van der Waals surface area contributed by atoms with E-state index in [0.29, 0.717) is 19.0 Å². The van der Waals surface area contributed by atoms with Gasteiger partial charge in [0.1, 0.15) is 0 Å². The lowest BCUT2D eigenvalue weighted by atomic mass is 10.0. The minimum absolute atomic E-state index is 0.0987. The number of rotatable bonds is 2. The fourth-order valence-corrected chi connectivity index (χ4v) is 3.22. The van der Waals surface area contributed by atoms with Crippen molar-refractivity contribution in [3.63, 3.8) is 0 Å². The van der Waals surface area contributed by atoms with Crippen LogP contribution in [0.1, 0.15) is 36.5 Å². The maximum Gasteiger partial charge on any atom is 0.255 e. The first-order chi connectivity index (χ1) is 9.79. The molecule has 1 fully saturated rings. The highest BCUT2D eigenvalue weighted by molar-refractivity contribution is 7.89. The van der Waals surface area contributed by atoms with E-state index < -0.39 is 10.0 Å². The third-order valence-corrected chi connectivity index (χ3v) is 5.04. The Balaban J connectivity index is 2.30. The number of nitrogens with two attached hydrogens (primary N) is 1. The van der Waals surface area contributed by atoms with Crippen LogP contribution in [0.2, 0.25) is 5.02 Å². The van der Waals surface area contributed by atoms with Crippen LogP contribution in [0.4, 0.5) is 0 Å². The van der Waals surface area contributed by atoms with Crippen LogP contribution in [-0.2, 0) is 10.0 Å². The fourth-order valence-electron chi connectivity index (χ4n) is 2.48. The highest BCUT2D eigenvalue weighted by atomic mass is 35.5. The van der Waals surface area contributed by atoms with Crippen LogP contribution in [0, 0.1) is 5.92 Å². The molecular formula is C14H19ClN2O3S. The molecule has 1 aliphatic heterocycles. The Labute approximate surface area is 130 Å². The second-order valence-electron chi connectivity index (χ2n) is 5.51. The molecule has 1 aromatic rings. The molecule has 2 rings (SSSR count). The van der Waals surface area contributed by atoms with Crippen molar-refractivity contribution in [2.24, 2.45) is 11.1 Å². The molecule has 0 bridgehead atoms. The molecule has 1 unspecified atom stereocenters. The van der Waals surface area contributed by atoms with E-state index in [-0.39, 0.29) is 21.4 Å². The molecule has 0 saturated carbocycles. The predicted molar refractivity (Wildman–Crippen MR) is 81.7 cm³/mol. The van der Waals surface area contributed by atoms with Crippen molar-refractivity contribution in [3.8, 4) is 0 Å². The Hall–Kier alpha value is -1.11. The number of hydrogen-bond acceptors (Lipinski definition) is 3. The molecule has 1 saturated heterocycles. The highest BCUT2D eigenvalue weighted by Crippen LogP contribution is 2.24. The number of halogens is 1. The molecule has 1 atom stereocenters. The van der Waals surface area contributed by atoms with Gasteiger partial charge in [0.05, 0.1) is 15.5 Å². The first-order valence-electron chi connectivity index (χ1n) is 6.90. The van der Waals surface area contributed by atoms with Crippen molar-refractivity contribution < 1.29 is 13.2 Å². The quantitative estimate of drug-likeness (QED) is 0.903. The van der Waals surface area contributed by atoms with Gasteiger partial charge in [-0.2, -0.15) is 0 Å². The van der Waals surface area contributed by atoms with Crippen LogP contribution >= 0.6 is 11.6 Å². The summed E-state index contributed by atoms with van der Waals surface area (Å²) in [5, 5.41) is 5.34. The highest BCUT2D eigenvalue weighted by Gasteiger charge is 2.23. The normalized spacial score (nSPS) is 20.1. The summed E-state index contributed by atoms with van der Waals surface area (Å²) in [6, 6.07) is 3.96. The van der Waals surface area contributed by atoms with Gasteiger partial charge in [0.2, 0.25) is 10.0 Å². The molecule has 1 amide bonds. The number of likely N-dealkylation sites (tertiary alicyclic amines) is 1. The molecule has 2 N–H and O–H groups in total. The maximum absolute atomic E-state index is 12.6. The number of hydrogen-bond donors (Lipinski definition) is 1. The zero-order valence-electron chi connectivity index (χ0n) is 11.9. The van der Waals surface area contributed by atoms with Gasteiger partial charge in [0.25, 0.3) is 5.91 Å². The summed E-state index contributed by atoms with van der Waals surface area (Å²) in [4.78, 5) is 14.2. The molecule has 0 aliphatic carbocycles. The SMILES string of the molecule is CC1CCCN(C(=O)c2cc(S(N)(=O)=O)ccc2Cl)CC1. The summed E-state index contributed by atoms with van der Waals surface area (Å²) in [5.74, 6) is 0.355. The van der Waals surface area contributed by atoms with Crippen molar-refractivity contribution in [2.75, 3.05) is 13.1 Å². The summed E-state index contributed by atoms with van der Waals surface area (Å²) in [6.07, 6.45) is 2.98. The van der Waals surface area contributed by atoms with Crippen molar-refractivity contribution in [3.05, 3.63) is 28.8 Å². The van der Waals surface area contributed by atoms with E-state index in [1.807, 2.05) is 0 Å². The molecule has 5 nitrogen and oxygen atoms in total. The summed E-state index contributed by atoms with van der Waals surface area (Å²) in [6.45, 7) is 3.50. The number of primary sulfonamides is 1. The number of nitrogens with zero attached hydrogens (tertiary/aromatic N) is 1. The number of amides is 1. The molecule has 7 heteroatoms. The first kappa shape index (κ1) is 16.3. The van der Waals surface area contributed by atoms with Gasteiger partial charge in [0, 0.05) is 13.1 Å². The molecule has 0 spiro atoms. The molecule has 1 aromatic carbocycles.